The number of hydrogen-bond donors (Lipinski definition) is 1. The number of aryl methyl sites for hydroxylation is 1. The van der Waals surface area contributed by atoms with Crippen LogP contribution in [-0.4, -0.2) is 33.1 Å². The Balaban J connectivity index is 1.89. The number of imide groups is 1. The largest absolute Gasteiger partial charge is 0.446 e. The minimum atomic E-state index is -0.989. The normalized spacial score (nSPS) is 10.4. The van der Waals surface area contributed by atoms with Gasteiger partial charge >= 0.3 is 12.0 Å². The molecule has 0 aliphatic carbocycles. The average Bonchev–Trinajstić information content (AvgIpc) is 2.91. The molecular weight excluding hydrogens is 375 g/mol. The van der Waals surface area contributed by atoms with E-state index in [2.05, 4.69) is 4.98 Å². The third-order valence-corrected chi connectivity index (χ3v) is 3.88. The average molecular weight is 387 g/mol. The first-order chi connectivity index (χ1) is 11.8. The van der Waals surface area contributed by atoms with E-state index in [1.807, 2.05) is 5.32 Å². The zero-order chi connectivity index (χ0) is 18.6. The van der Waals surface area contributed by atoms with E-state index < -0.39 is 16.9 Å². The van der Waals surface area contributed by atoms with Crippen molar-refractivity contribution in [3.63, 3.8) is 0 Å². The van der Waals surface area contributed by atoms with Crippen molar-refractivity contribution < 1.29 is 19.2 Å². The molecule has 1 N–H and O–H groups in total. The molecule has 11 heteroatoms. The summed E-state index contributed by atoms with van der Waals surface area (Å²) in [5, 5.41) is 13.3. The number of halogens is 2. The van der Waals surface area contributed by atoms with Crippen molar-refractivity contribution in [2.24, 2.45) is 0 Å². The number of ether oxygens (including phenoxy) is 1. The molecule has 9 nitrogen and oxygen atoms in total. The summed E-state index contributed by atoms with van der Waals surface area (Å²) in [6.07, 6.45) is 0.350. The lowest BCUT2D eigenvalue weighted by atomic mass is 10.2. The number of rotatable bonds is 5. The van der Waals surface area contributed by atoms with Gasteiger partial charge in [0.25, 0.3) is 5.91 Å². The van der Waals surface area contributed by atoms with Gasteiger partial charge in [0.2, 0.25) is 0 Å². The molecule has 0 saturated carbocycles. The molecule has 0 saturated heterocycles. The second-order valence-corrected chi connectivity index (χ2v) is 5.64. The van der Waals surface area contributed by atoms with Crippen molar-refractivity contribution >= 4 is 41.2 Å². The highest BCUT2D eigenvalue weighted by molar-refractivity contribution is 6.42. The van der Waals surface area contributed by atoms with Crippen LogP contribution in [0.4, 0.5) is 10.7 Å². The summed E-state index contributed by atoms with van der Waals surface area (Å²) in [5.74, 6) is -1.07. The molecule has 0 unspecified atom stereocenters. The topological polar surface area (TPSA) is 116 Å². The van der Waals surface area contributed by atoms with Gasteiger partial charge in [-0.15, -0.1) is 0 Å². The van der Waals surface area contributed by atoms with E-state index in [0.717, 1.165) is 0 Å². The predicted octanol–water partition coefficient (Wildman–Crippen LogP) is 2.97. The van der Waals surface area contributed by atoms with Crippen molar-refractivity contribution in [2.45, 2.75) is 13.5 Å². The van der Waals surface area contributed by atoms with Crippen LogP contribution in [0, 0.1) is 17.0 Å². The van der Waals surface area contributed by atoms with Gasteiger partial charge < -0.3 is 14.9 Å². The number of carbonyl (C=O) groups excluding carboxylic acids is 2. The molecule has 0 aliphatic rings. The molecule has 132 valence electrons. The van der Waals surface area contributed by atoms with Gasteiger partial charge in [-0.2, -0.15) is 0 Å². The summed E-state index contributed by atoms with van der Waals surface area (Å²) in [6.45, 7) is 1.48. The van der Waals surface area contributed by atoms with Gasteiger partial charge in [0.15, 0.2) is 0 Å². The van der Waals surface area contributed by atoms with Crippen LogP contribution in [0.25, 0.3) is 0 Å². The molecule has 25 heavy (non-hydrogen) atoms. The number of amides is 2. The lowest BCUT2D eigenvalue weighted by Gasteiger charge is -2.07. The Morgan fingerprint density at radius 1 is 1.36 bits per heavy atom. The second-order valence-electron chi connectivity index (χ2n) is 4.83. The maximum Gasteiger partial charge on any atom is 0.434 e. The first-order valence-corrected chi connectivity index (χ1v) is 7.65. The van der Waals surface area contributed by atoms with Crippen molar-refractivity contribution in [2.75, 3.05) is 6.61 Å². The van der Waals surface area contributed by atoms with Gasteiger partial charge in [-0.25, -0.2) is 9.36 Å². The monoisotopic (exact) mass is 386 g/mol. The van der Waals surface area contributed by atoms with Crippen LogP contribution in [0.5, 0.6) is 0 Å². The van der Waals surface area contributed by atoms with Gasteiger partial charge in [0.05, 0.1) is 10.0 Å². The van der Waals surface area contributed by atoms with Crippen LogP contribution in [0.15, 0.2) is 24.4 Å². The van der Waals surface area contributed by atoms with Gasteiger partial charge in [0.1, 0.15) is 25.0 Å². The number of benzene rings is 1. The smallest absolute Gasteiger partial charge is 0.434 e. The number of aromatic nitrogens is 2. The van der Waals surface area contributed by atoms with E-state index in [4.69, 9.17) is 27.9 Å². The highest BCUT2D eigenvalue weighted by Gasteiger charge is 2.19. The van der Waals surface area contributed by atoms with Crippen LogP contribution in [-0.2, 0) is 11.3 Å². The molecule has 2 rings (SSSR count). The summed E-state index contributed by atoms with van der Waals surface area (Å²) in [5.41, 5.74) is 0.676. The standard InChI is InChI=1S/C14H12Cl2N4O5/c1-8-7-17-13(20(23)24)19(8)4-5-25-14(22)18-12(21)9-2-3-10(15)11(16)6-9/h2-3,6-7H,4-5H2,1H3,(H,18,21,22). The maximum absolute atomic E-state index is 11.9. The number of imidazole rings is 1. The number of nitro groups is 1. The molecular formula is C14H12Cl2N4O5. The molecule has 1 heterocycles. The number of hydrogen-bond acceptors (Lipinski definition) is 6. The molecule has 0 spiro atoms. The highest BCUT2D eigenvalue weighted by Crippen LogP contribution is 2.22. The number of carbonyl (C=O) groups is 2. The van der Waals surface area contributed by atoms with E-state index in [1.165, 1.54) is 29.0 Å². The number of nitrogens with zero attached hydrogens (tertiary/aromatic N) is 3. The van der Waals surface area contributed by atoms with Crippen molar-refractivity contribution in [1.82, 2.24) is 14.9 Å². The molecule has 2 aromatic rings. The Morgan fingerprint density at radius 2 is 2.08 bits per heavy atom. The lowest BCUT2D eigenvalue weighted by molar-refractivity contribution is -0.396. The predicted molar refractivity (Wildman–Crippen MR) is 88.9 cm³/mol. The summed E-state index contributed by atoms with van der Waals surface area (Å²) < 4.78 is 6.14. The molecule has 0 fully saturated rings. The second kappa shape index (κ2) is 7.95. The van der Waals surface area contributed by atoms with Crippen LogP contribution < -0.4 is 5.32 Å². The molecule has 2 amide bonds. The molecule has 0 atom stereocenters. The van der Waals surface area contributed by atoms with E-state index in [1.54, 1.807) is 6.92 Å². The van der Waals surface area contributed by atoms with Crippen molar-refractivity contribution in [1.29, 1.82) is 0 Å². The fourth-order valence-electron chi connectivity index (χ4n) is 1.94. The number of alkyl carbamates (subject to hydrolysis) is 1. The van der Waals surface area contributed by atoms with Crippen molar-refractivity contribution in [3.05, 3.63) is 55.8 Å². The summed E-state index contributed by atoms with van der Waals surface area (Å²) in [4.78, 5) is 37.4. The summed E-state index contributed by atoms with van der Waals surface area (Å²) in [7, 11) is 0. The number of nitrogens with one attached hydrogen (secondary N) is 1. The first kappa shape index (κ1) is 18.7. The van der Waals surface area contributed by atoms with Gasteiger partial charge in [-0.1, -0.05) is 28.2 Å². The van der Waals surface area contributed by atoms with Gasteiger partial charge in [-0.05, 0) is 30.0 Å². The zero-order valence-corrected chi connectivity index (χ0v) is 14.4. The SMILES string of the molecule is Cc1cnc([N+](=O)[O-])n1CCOC(=O)NC(=O)c1ccc(Cl)c(Cl)c1. The Bertz CT molecular complexity index is 837. The highest BCUT2D eigenvalue weighted by atomic mass is 35.5. The van der Waals surface area contributed by atoms with E-state index in [9.17, 15) is 19.7 Å². The summed E-state index contributed by atoms with van der Waals surface area (Å²) >= 11 is 11.5. The van der Waals surface area contributed by atoms with Gasteiger partial charge in [0, 0.05) is 5.56 Å². The Morgan fingerprint density at radius 3 is 2.72 bits per heavy atom. The maximum atomic E-state index is 11.9. The molecule has 1 aromatic carbocycles. The zero-order valence-electron chi connectivity index (χ0n) is 12.9. The molecule has 0 radical (unpaired) electrons. The van der Waals surface area contributed by atoms with Gasteiger partial charge in [-0.3, -0.25) is 10.1 Å². The third-order valence-electron chi connectivity index (χ3n) is 3.14. The fraction of sp³-hybridized carbons (Fsp3) is 0.214. The molecule has 0 bridgehead atoms. The lowest BCUT2D eigenvalue weighted by Crippen LogP contribution is -2.31. The molecule has 0 aliphatic heterocycles. The van der Waals surface area contributed by atoms with E-state index in [-0.39, 0.29) is 34.7 Å². The van der Waals surface area contributed by atoms with E-state index in [0.29, 0.717) is 5.69 Å². The minimum absolute atomic E-state index is 0.0243. The fourth-order valence-corrected chi connectivity index (χ4v) is 2.24. The Kier molecular flexibility index (Phi) is 5.94. The van der Waals surface area contributed by atoms with E-state index >= 15 is 0 Å². The summed E-state index contributed by atoms with van der Waals surface area (Å²) in [6, 6.07) is 4.13. The molecule has 1 aromatic heterocycles. The van der Waals surface area contributed by atoms with Crippen LogP contribution in [0.3, 0.4) is 0 Å². The minimum Gasteiger partial charge on any atom is -0.446 e. The third kappa shape index (κ3) is 4.68. The van der Waals surface area contributed by atoms with Crippen LogP contribution in [0.1, 0.15) is 16.1 Å². The first-order valence-electron chi connectivity index (χ1n) is 6.89. The van der Waals surface area contributed by atoms with Crippen molar-refractivity contribution in [3.8, 4) is 0 Å². The Hall–Kier alpha value is -2.65. The quantitative estimate of drug-likeness (QED) is 0.623. The van der Waals surface area contributed by atoms with Crippen LogP contribution in [0.2, 0.25) is 10.0 Å². The van der Waals surface area contributed by atoms with Crippen LogP contribution >= 0.6 is 23.2 Å². The Labute approximate surface area is 151 Å².